The SMILES string of the molecule is Cn1nc2c(cc1=O)CN(S(=O)(=O)c1ccc3c(c1)NC(=O)CO3)CC2. The number of anilines is 1. The standard InChI is InChI=1S/C16H16N4O5S/c1-19-16(22)6-10-8-20(5-4-12(10)18-19)26(23,24)11-2-3-14-13(7-11)17-15(21)9-25-14/h2-3,6-7H,4-5,8-9H2,1H3,(H,17,21). The van der Waals surface area contributed by atoms with E-state index in [0.29, 0.717) is 23.4 Å². The van der Waals surface area contributed by atoms with Crippen molar-refractivity contribution in [2.45, 2.75) is 17.9 Å². The lowest BCUT2D eigenvalue weighted by Crippen LogP contribution is -2.38. The number of nitrogens with one attached hydrogen (secondary N) is 1. The molecular formula is C16H16N4O5S. The molecular weight excluding hydrogens is 360 g/mol. The van der Waals surface area contributed by atoms with Crippen LogP contribution in [0.4, 0.5) is 5.69 Å². The highest BCUT2D eigenvalue weighted by Gasteiger charge is 2.30. The number of aryl methyl sites for hydroxylation is 1. The third-order valence-electron chi connectivity index (χ3n) is 4.42. The smallest absolute Gasteiger partial charge is 0.266 e. The number of sulfonamides is 1. The monoisotopic (exact) mass is 376 g/mol. The maximum Gasteiger partial charge on any atom is 0.266 e. The lowest BCUT2D eigenvalue weighted by molar-refractivity contribution is -0.118. The van der Waals surface area contributed by atoms with E-state index >= 15 is 0 Å². The lowest BCUT2D eigenvalue weighted by atomic mass is 10.1. The summed E-state index contributed by atoms with van der Waals surface area (Å²) in [5.74, 6) is 0.0982. The summed E-state index contributed by atoms with van der Waals surface area (Å²) >= 11 is 0. The summed E-state index contributed by atoms with van der Waals surface area (Å²) in [6.07, 6.45) is 0.424. The molecule has 0 bridgehead atoms. The molecule has 9 nitrogen and oxygen atoms in total. The van der Waals surface area contributed by atoms with Gasteiger partial charge in [0.05, 0.1) is 16.3 Å². The van der Waals surface area contributed by atoms with Crippen LogP contribution < -0.4 is 15.6 Å². The van der Waals surface area contributed by atoms with Crippen LogP contribution in [0.3, 0.4) is 0 Å². The molecule has 0 radical (unpaired) electrons. The average Bonchev–Trinajstić information content (AvgIpc) is 2.61. The third kappa shape index (κ3) is 2.76. The Kier molecular flexibility index (Phi) is 3.81. The summed E-state index contributed by atoms with van der Waals surface area (Å²) < 4.78 is 33.8. The van der Waals surface area contributed by atoms with Gasteiger partial charge in [-0.2, -0.15) is 9.40 Å². The Morgan fingerprint density at radius 2 is 2.04 bits per heavy atom. The molecule has 2 aliphatic rings. The molecule has 136 valence electrons. The highest BCUT2D eigenvalue weighted by Crippen LogP contribution is 2.32. The Hall–Kier alpha value is -2.72. The number of hydrogen-bond acceptors (Lipinski definition) is 6. The van der Waals surface area contributed by atoms with Crippen LogP contribution in [0.5, 0.6) is 5.75 Å². The Balaban J connectivity index is 1.67. The number of benzene rings is 1. The topological polar surface area (TPSA) is 111 Å². The van der Waals surface area contributed by atoms with Gasteiger partial charge >= 0.3 is 0 Å². The molecule has 1 N–H and O–H groups in total. The number of carbonyl (C=O) groups is 1. The zero-order chi connectivity index (χ0) is 18.5. The van der Waals surface area contributed by atoms with E-state index in [4.69, 9.17) is 4.74 Å². The second-order valence-corrected chi connectivity index (χ2v) is 8.10. The second-order valence-electron chi connectivity index (χ2n) is 6.16. The first-order chi connectivity index (χ1) is 12.3. The predicted octanol–water partition coefficient (Wildman–Crippen LogP) is -0.142. The molecule has 2 aliphatic heterocycles. The van der Waals surface area contributed by atoms with Crippen LogP contribution in [0.2, 0.25) is 0 Å². The summed E-state index contributed by atoms with van der Waals surface area (Å²) in [6, 6.07) is 5.78. The zero-order valence-corrected chi connectivity index (χ0v) is 14.7. The number of rotatable bonds is 2. The number of amides is 1. The van der Waals surface area contributed by atoms with Crippen LogP contribution >= 0.6 is 0 Å². The average molecular weight is 376 g/mol. The van der Waals surface area contributed by atoms with Crippen molar-refractivity contribution < 1.29 is 17.9 Å². The molecule has 1 aromatic carbocycles. The minimum absolute atomic E-state index is 0.0577. The quantitative estimate of drug-likeness (QED) is 0.781. The molecule has 3 heterocycles. The molecule has 0 saturated carbocycles. The van der Waals surface area contributed by atoms with E-state index in [0.717, 1.165) is 5.69 Å². The Morgan fingerprint density at radius 1 is 1.23 bits per heavy atom. The molecule has 0 unspecified atom stereocenters. The largest absolute Gasteiger partial charge is 0.482 e. The lowest BCUT2D eigenvalue weighted by Gasteiger charge is -2.28. The minimum atomic E-state index is -3.79. The second kappa shape index (κ2) is 5.92. The van der Waals surface area contributed by atoms with Gasteiger partial charge in [0.25, 0.3) is 11.5 Å². The van der Waals surface area contributed by atoms with Crippen molar-refractivity contribution in [1.29, 1.82) is 0 Å². The summed E-state index contributed by atoms with van der Waals surface area (Å²) in [6.45, 7) is 0.255. The Labute approximate surface area is 149 Å². The molecule has 10 heteroatoms. The predicted molar refractivity (Wildman–Crippen MR) is 91.3 cm³/mol. The van der Waals surface area contributed by atoms with Crippen molar-refractivity contribution in [3.05, 3.63) is 45.9 Å². The number of nitrogens with zero attached hydrogens (tertiary/aromatic N) is 3. The van der Waals surface area contributed by atoms with E-state index in [1.54, 1.807) is 7.05 Å². The highest BCUT2D eigenvalue weighted by atomic mass is 32.2. The van der Waals surface area contributed by atoms with Crippen molar-refractivity contribution >= 4 is 21.6 Å². The first-order valence-corrected chi connectivity index (χ1v) is 9.41. The summed E-state index contributed by atoms with van der Waals surface area (Å²) in [5, 5.41) is 6.79. The van der Waals surface area contributed by atoms with Gasteiger partial charge in [-0.05, 0) is 23.8 Å². The summed E-state index contributed by atoms with van der Waals surface area (Å²) in [7, 11) is -2.22. The van der Waals surface area contributed by atoms with E-state index in [-0.39, 0.29) is 36.1 Å². The number of ether oxygens (including phenoxy) is 1. The number of aromatic nitrogens is 2. The molecule has 0 spiro atoms. The highest BCUT2D eigenvalue weighted by molar-refractivity contribution is 7.89. The van der Waals surface area contributed by atoms with Crippen LogP contribution in [0.15, 0.2) is 34.0 Å². The van der Waals surface area contributed by atoms with Gasteiger partial charge < -0.3 is 10.1 Å². The van der Waals surface area contributed by atoms with Gasteiger partial charge in [0.1, 0.15) is 5.75 Å². The fraction of sp³-hybridized carbons (Fsp3) is 0.312. The maximum atomic E-state index is 13.0. The number of carbonyl (C=O) groups excluding carboxylic acids is 1. The molecule has 1 amide bonds. The summed E-state index contributed by atoms with van der Waals surface area (Å²) in [4.78, 5) is 23.3. The molecule has 2 aromatic rings. The van der Waals surface area contributed by atoms with Crippen LogP contribution in [-0.2, 0) is 34.8 Å². The van der Waals surface area contributed by atoms with Crippen molar-refractivity contribution in [2.75, 3.05) is 18.5 Å². The van der Waals surface area contributed by atoms with E-state index in [2.05, 4.69) is 10.4 Å². The van der Waals surface area contributed by atoms with E-state index < -0.39 is 10.0 Å². The van der Waals surface area contributed by atoms with Gasteiger partial charge in [-0.25, -0.2) is 13.1 Å². The van der Waals surface area contributed by atoms with Gasteiger partial charge in [-0.1, -0.05) is 0 Å². The zero-order valence-electron chi connectivity index (χ0n) is 13.9. The minimum Gasteiger partial charge on any atom is -0.482 e. The van der Waals surface area contributed by atoms with Crippen molar-refractivity contribution in [3.63, 3.8) is 0 Å². The molecule has 26 heavy (non-hydrogen) atoms. The molecule has 0 atom stereocenters. The van der Waals surface area contributed by atoms with Crippen molar-refractivity contribution in [3.8, 4) is 5.75 Å². The fourth-order valence-electron chi connectivity index (χ4n) is 3.04. The van der Waals surface area contributed by atoms with Gasteiger partial charge in [-0.15, -0.1) is 0 Å². The van der Waals surface area contributed by atoms with Crippen molar-refractivity contribution in [2.24, 2.45) is 7.05 Å². The van der Waals surface area contributed by atoms with Gasteiger partial charge in [0.15, 0.2) is 6.61 Å². The first kappa shape index (κ1) is 16.7. The van der Waals surface area contributed by atoms with E-state index in [1.165, 1.54) is 33.3 Å². The fourth-order valence-corrected chi connectivity index (χ4v) is 4.49. The van der Waals surface area contributed by atoms with Crippen molar-refractivity contribution in [1.82, 2.24) is 14.1 Å². The molecule has 4 rings (SSSR count). The Morgan fingerprint density at radius 3 is 2.85 bits per heavy atom. The van der Waals surface area contributed by atoms with Crippen LogP contribution in [0.1, 0.15) is 11.3 Å². The number of fused-ring (bicyclic) bond motifs is 2. The first-order valence-electron chi connectivity index (χ1n) is 7.97. The Bertz CT molecular complexity index is 1080. The van der Waals surface area contributed by atoms with Crippen LogP contribution in [0.25, 0.3) is 0 Å². The summed E-state index contributed by atoms with van der Waals surface area (Å²) in [5.41, 5.74) is 1.38. The van der Waals surface area contributed by atoms with Gasteiger partial charge in [0, 0.05) is 32.6 Å². The van der Waals surface area contributed by atoms with Crippen LogP contribution in [-0.4, -0.2) is 41.6 Å². The normalized spacial score (nSPS) is 17.0. The van der Waals surface area contributed by atoms with Crippen LogP contribution in [0, 0.1) is 0 Å². The molecule has 0 saturated heterocycles. The van der Waals surface area contributed by atoms with Gasteiger partial charge in [-0.3, -0.25) is 9.59 Å². The van der Waals surface area contributed by atoms with E-state index in [9.17, 15) is 18.0 Å². The third-order valence-corrected chi connectivity index (χ3v) is 6.27. The molecule has 0 aliphatic carbocycles. The molecule has 1 aromatic heterocycles. The number of hydrogen-bond donors (Lipinski definition) is 1. The van der Waals surface area contributed by atoms with E-state index in [1.807, 2.05) is 0 Å². The molecule has 0 fully saturated rings. The maximum absolute atomic E-state index is 13.0. The van der Waals surface area contributed by atoms with Gasteiger partial charge in [0.2, 0.25) is 10.0 Å².